The summed E-state index contributed by atoms with van der Waals surface area (Å²) in [6, 6.07) is 6.64. The monoisotopic (exact) mass is 310 g/mol. The van der Waals surface area contributed by atoms with Gasteiger partial charge in [0, 0.05) is 25.7 Å². The number of rotatable bonds is 4. The lowest BCUT2D eigenvalue weighted by molar-refractivity contribution is 0.287. The van der Waals surface area contributed by atoms with Gasteiger partial charge in [-0.2, -0.15) is 12.7 Å². The molecule has 0 radical (unpaired) electrons. The number of nitrogens with two attached hydrogens (primary N) is 1. The second kappa shape index (κ2) is 6.03. The second-order valence-electron chi connectivity index (χ2n) is 5.52. The van der Waals surface area contributed by atoms with Gasteiger partial charge in [0.2, 0.25) is 0 Å². The summed E-state index contributed by atoms with van der Waals surface area (Å²) < 4.78 is 28.0. The first-order valence-electron chi connectivity index (χ1n) is 7.01. The minimum atomic E-state index is -3.49. The van der Waals surface area contributed by atoms with Crippen molar-refractivity contribution in [2.75, 3.05) is 24.4 Å². The van der Waals surface area contributed by atoms with Gasteiger partial charge in [0.05, 0.1) is 5.69 Å². The summed E-state index contributed by atoms with van der Waals surface area (Å²) >= 11 is 0. The molecule has 0 spiro atoms. The van der Waals surface area contributed by atoms with Gasteiger partial charge in [-0.1, -0.05) is 6.92 Å². The molecule has 0 bridgehead atoms. The van der Waals surface area contributed by atoms with Crippen LogP contribution < -0.4 is 10.0 Å². The fourth-order valence-electron chi connectivity index (χ4n) is 2.37. The molecule has 1 heterocycles. The number of hydrogen-bond acceptors (Lipinski definition) is 3. The van der Waals surface area contributed by atoms with E-state index in [-0.39, 0.29) is 5.84 Å². The molecule has 1 aliphatic heterocycles. The highest BCUT2D eigenvalue weighted by Crippen LogP contribution is 2.24. The maximum Gasteiger partial charge on any atom is 0.303 e. The molecule has 7 heteroatoms. The van der Waals surface area contributed by atoms with E-state index in [1.807, 2.05) is 0 Å². The number of nitrogens with zero attached hydrogens (tertiary/aromatic N) is 2. The van der Waals surface area contributed by atoms with Crippen LogP contribution in [0.2, 0.25) is 0 Å². The number of anilines is 1. The highest BCUT2D eigenvalue weighted by Gasteiger charge is 2.30. The Balaban J connectivity index is 2.17. The number of benzene rings is 1. The van der Waals surface area contributed by atoms with Crippen LogP contribution in [0.3, 0.4) is 0 Å². The van der Waals surface area contributed by atoms with Crippen molar-refractivity contribution in [3.63, 3.8) is 0 Å². The second-order valence-corrected chi connectivity index (χ2v) is 7.48. The Morgan fingerprint density at radius 1 is 1.29 bits per heavy atom. The van der Waals surface area contributed by atoms with E-state index < -0.39 is 10.2 Å². The van der Waals surface area contributed by atoms with Gasteiger partial charge < -0.3 is 5.73 Å². The van der Waals surface area contributed by atoms with Crippen LogP contribution in [0.5, 0.6) is 0 Å². The van der Waals surface area contributed by atoms with E-state index in [0.29, 0.717) is 30.3 Å². The van der Waals surface area contributed by atoms with Gasteiger partial charge >= 0.3 is 10.2 Å². The molecule has 116 valence electrons. The van der Waals surface area contributed by atoms with Crippen LogP contribution in [0.1, 0.15) is 25.3 Å². The molecule has 1 aromatic rings. The van der Waals surface area contributed by atoms with Gasteiger partial charge in [0.25, 0.3) is 0 Å². The van der Waals surface area contributed by atoms with E-state index in [1.54, 1.807) is 31.3 Å². The normalized spacial score (nSPS) is 17.6. The number of amidine groups is 1. The van der Waals surface area contributed by atoms with Crippen LogP contribution >= 0.6 is 0 Å². The first kappa shape index (κ1) is 15.8. The van der Waals surface area contributed by atoms with E-state index in [4.69, 9.17) is 11.1 Å². The van der Waals surface area contributed by atoms with Crippen molar-refractivity contribution in [2.24, 2.45) is 11.7 Å². The Bertz CT molecular complexity index is 604. The number of nitrogens with one attached hydrogen (secondary N) is 1. The van der Waals surface area contributed by atoms with Crippen molar-refractivity contribution in [3.05, 3.63) is 29.8 Å². The zero-order chi connectivity index (χ0) is 15.6. The third kappa shape index (κ3) is 3.36. The molecule has 0 unspecified atom stereocenters. The molecule has 2 rings (SSSR count). The Labute approximate surface area is 126 Å². The number of hydrogen-bond donors (Lipinski definition) is 2. The average molecular weight is 310 g/mol. The standard InChI is InChI=1S/C14H22N4O2S/c1-11-7-9-18(10-8-11)21(19,20)17(2)13-5-3-12(4-6-13)14(15)16/h3-6,11H,7-10H2,1-2H3,(H3,15,16). The summed E-state index contributed by atoms with van der Waals surface area (Å²) in [6.07, 6.45) is 1.80. The first-order chi connectivity index (χ1) is 9.82. The van der Waals surface area contributed by atoms with E-state index >= 15 is 0 Å². The Kier molecular flexibility index (Phi) is 4.53. The van der Waals surface area contributed by atoms with Gasteiger partial charge in [-0.05, 0) is 43.0 Å². The Morgan fingerprint density at radius 2 is 1.81 bits per heavy atom. The molecule has 1 fully saturated rings. The molecular weight excluding hydrogens is 288 g/mol. The van der Waals surface area contributed by atoms with E-state index in [0.717, 1.165) is 12.8 Å². The summed E-state index contributed by atoms with van der Waals surface area (Å²) in [5.41, 5.74) is 6.55. The highest BCUT2D eigenvalue weighted by atomic mass is 32.2. The SMILES string of the molecule is CC1CCN(S(=O)(=O)N(C)c2ccc(C(=N)N)cc2)CC1. The third-order valence-electron chi connectivity index (χ3n) is 3.96. The van der Waals surface area contributed by atoms with Crippen LogP contribution in [-0.4, -0.2) is 38.7 Å². The van der Waals surface area contributed by atoms with Crippen LogP contribution in [0.25, 0.3) is 0 Å². The van der Waals surface area contributed by atoms with Crippen molar-refractivity contribution in [3.8, 4) is 0 Å². The zero-order valence-corrected chi connectivity index (χ0v) is 13.2. The molecular formula is C14H22N4O2S. The average Bonchev–Trinajstić information content (AvgIpc) is 2.47. The minimum Gasteiger partial charge on any atom is -0.384 e. The van der Waals surface area contributed by atoms with Gasteiger partial charge in [-0.3, -0.25) is 9.71 Å². The molecule has 1 saturated heterocycles. The minimum absolute atomic E-state index is 0.0305. The number of nitrogen functional groups attached to an aromatic ring is 1. The molecule has 0 aliphatic carbocycles. The molecule has 3 N–H and O–H groups in total. The number of piperidine rings is 1. The van der Waals surface area contributed by atoms with Crippen molar-refractivity contribution in [1.82, 2.24) is 4.31 Å². The zero-order valence-electron chi connectivity index (χ0n) is 12.4. The Morgan fingerprint density at radius 3 is 2.29 bits per heavy atom. The molecule has 0 aromatic heterocycles. The molecule has 0 saturated carbocycles. The molecule has 1 aromatic carbocycles. The summed E-state index contributed by atoms with van der Waals surface area (Å²) in [6.45, 7) is 3.28. The summed E-state index contributed by atoms with van der Waals surface area (Å²) in [5.74, 6) is 0.550. The largest absolute Gasteiger partial charge is 0.384 e. The predicted molar refractivity (Wildman–Crippen MR) is 84.8 cm³/mol. The maximum atomic E-state index is 12.6. The van der Waals surface area contributed by atoms with E-state index in [1.165, 1.54) is 8.61 Å². The van der Waals surface area contributed by atoms with Gasteiger partial charge in [-0.15, -0.1) is 0 Å². The summed E-state index contributed by atoms with van der Waals surface area (Å²) in [4.78, 5) is 0. The molecule has 21 heavy (non-hydrogen) atoms. The molecule has 0 amide bonds. The fourth-order valence-corrected chi connectivity index (χ4v) is 3.78. The van der Waals surface area contributed by atoms with Crippen molar-refractivity contribution >= 4 is 21.7 Å². The Hall–Kier alpha value is -1.60. The first-order valence-corrected chi connectivity index (χ1v) is 8.40. The van der Waals surface area contributed by atoms with Crippen LogP contribution in [0.15, 0.2) is 24.3 Å². The lowest BCUT2D eigenvalue weighted by atomic mass is 10.0. The summed E-state index contributed by atoms with van der Waals surface area (Å²) in [7, 11) is -1.94. The van der Waals surface area contributed by atoms with E-state index in [2.05, 4.69) is 6.92 Å². The van der Waals surface area contributed by atoms with Gasteiger partial charge in [0.1, 0.15) is 5.84 Å². The maximum absolute atomic E-state index is 12.6. The van der Waals surface area contributed by atoms with Gasteiger partial charge in [0.15, 0.2) is 0 Å². The lowest BCUT2D eigenvalue weighted by Gasteiger charge is -2.33. The van der Waals surface area contributed by atoms with E-state index in [9.17, 15) is 8.42 Å². The van der Waals surface area contributed by atoms with Crippen LogP contribution in [0.4, 0.5) is 5.69 Å². The third-order valence-corrected chi connectivity index (χ3v) is 5.88. The molecule has 1 aliphatic rings. The predicted octanol–water partition coefficient (Wildman–Crippen LogP) is 1.38. The topological polar surface area (TPSA) is 90.5 Å². The fraction of sp³-hybridized carbons (Fsp3) is 0.500. The molecule has 0 atom stereocenters. The van der Waals surface area contributed by atoms with Gasteiger partial charge in [-0.25, -0.2) is 0 Å². The smallest absolute Gasteiger partial charge is 0.303 e. The lowest BCUT2D eigenvalue weighted by Crippen LogP contribution is -2.45. The molecule has 6 nitrogen and oxygen atoms in total. The van der Waals surface area contributed by atoms with Crippen LogP contribution in [-0.2, 0) is 10.2 Å². The van der Waals surface area contributed by atoms with Crippen LogP contribution in [0, 0.1) is 11.3 Å². The quantitative estimate of drug-likeness (QED) is 0.650. The summed E-state index contributed by atoms with van der Waals surface area (Å²) in [5, 5.41) is 7.35. The van der Waals surface area contributed by atoms with Crippen molar-refractivity contribution in [2.45, 2.75) is 19.8 Å². The van der Waals surface area contributed by atoms with Crippen molar-refractivity contribution < 1.29 is 8.42 Å². The van der Waals surface area contributed by atoms with Crippen molar-refractivity contribution in [1.29, 1.82) is 5.41 Å². The highest BCUT2D eigenvalue weighted by molar-refractivity contribution is 7.90.